The van der Waals surface area contributed by atoms with Crippen molar-refractivity contribution in [1.29, 1.82) is 0 Å². The summed E-state index contributed by atoms with van der Waals surface area (Å²) < 4.78 is 0. The van der Waals surface area contributed by atoms with Crippen LogP contribution in [0.15, 0.2) is 24.3 Å². The Morgan fingerprint density at radius 1 is 1.41 bits per heavy atom. The molecule has 0 saturated heterocycles. The molecule has 1 aromatic rings. The zero-order valence-electron chi connectivity index (χ0n) is 9.51. The molecule has 0 bridgehead atoms. The van der Waals surface area contributed by atoms with E-state index in [9.17, 15) is 9.90 Å². The monoisotopic (exact) mass is 250 g/mol. The van der Waals surface area contributed by atoms with Crippen LogP contribution in [0, 0.1) is 5.41 Å². The standard InChI is InChI=1S/C12H14N2O2S/c1-14(8-2-4-9(15)5-3-8)11(16)12(6-7-12)10(13)17/h2-5,15H,6-7H2,1H3,(H2,13,17). The topological polar surface area (TPSA) is 66.6 Å². The van der Waals surface area contributed by atoms with Crippen LogP contribution in [0.5, 0.6) is 5.75 Å². The molecule has 1 aromatic carbocycles. The SMILES string of the molecule is CN(C(=O)C1(C(N)=S)CC1)c1ccc(O)cc1. The van der Waals surface area contributed by atoms with Gasteiger partial charge in [-0.3, -0.25) is 4.79 Å². The number of aromatic hydroxyl groups is 1. The summed E-state index contributed by atoms with van der Waals surface area (Å²) in [7, 11) is 1.69. The lowest BCUT2D eigenvalue weighted by Gasteiger charge is -2.22. The zero-order valence-corrected chi connectivity index (χ0v) is 10.3. The molecule has 0 heterocycles. The number of carbonyl (C=O) groups is 1. The van der Waals surface area contributed by atoms with Crippen LogP contribution in [-0.2, 0) is 4.79 Å². The first-order valence-corrected chi connectivity index (χ1v) is 5.75. The van der Waals surface area contributed by atoms with Crippen molar-refractivity contribution in [3.63, 3.8) is 0 Å². The van der Waals surface area contributed by atoms with Crippen molar-refractivity contribution in [3.8, 4) is 5.75 Å². The molecule has 0 atom stereocenters. The molecule has 1 fully saturated rings. The number of carbonyl (C=O) groups excluding carboxylic acids is 1. The highest BCUT2D eigenvalue weighted by atomic mass is 32.1. The number of rotatable bonds is 3. The van der Waals surface area contributed by atoms with E-state index in [1.54, 1.807) is 31.3 Å². The largest absolute Gasteiger partial charge is 0.508 e. The molecular formula is C12H14N2O2S. The lowest BCUT2D eigenvalue weighted by Crippen LogP contribution is -2.40. The van der Waals surface area contributed by atoms with E-state index < -0.39 is 5.41 Å². The Bertz CT molecular complexity index is 466. The maximum Gasteiger partial charge on any atom is 0.239 e. The molecule has 0 aromatic heterocycles. The Kier molecular flexibility index (Phi) is 2.79. The van der Waals surface area contributed by atoms with Gasteiger partial charge in [-0.15, -0.1) is 0 Å². The molecule has 5 heteroatoms. The van der Waals surface area contributed by atoms with Gasteiger partial charge in [-0.1, -0.05) is 12.2 Å². The number of hydrogen-bond donors (Lipinski definition) is 2. The Labute approximate surface area is 105 Å². The summed E-state index contributed by atoms with van der Waals surface area (Å²) in [6.07, 6.45) is 1.45. The first kappa shape index (κ1) is 11.9. The minimum atomic E-state index is -0.637. The van der Waals surface area contributed by atoms with Crippen molar-refractivity contribution < 1.29 is 9.90 Å². The predicted octanol–water partition coefficient (Wildman–Crippen LogP) is 1.42. The van der Waals surface area contributed by atoms with Crippen molar-refractivity contribution in [1.82, 2.24) is 0 Å². The molecular weight excluding hydrogens is 236 g/mol. The van der Waals surface area contributed by atoms with Crippen LogP contribution in [0.2, 0.25) is 0 Å². The fourth-order valence-electron chi connectivity index (χ4n) is 1.81. The minimum absolute atomic E-state index is 0.0734. The normalized spacial score (nSPS) is 16.3. The van der Waals surface area contributed by atoms with Gasteiger partial charge in [0.2, 0.25) is 5.91 Å². The number of hydrogen-bond acceptors (Lipinski definition) is 3. The maximum absolute atomic E-state index is 12.3. The van der Waals surface area contributed by atoms with E-state index in [2.05, 4.69) is 0 Å². The maximum atomic E-state index is 12.3. The number of phenolic OH excluding ortho intramolecular Hbond substituents is 1. The summed E-state index contributed by atoms with van der Waals surface area (Å²) in [6, 6.07) is 6.45. The van der Waals surface area contributed by atoms with E-state index >= 15 is 0 Å². The van der Waals surface area contributed by atoms with Gasteiger partial charge in [-0.25, -0.2) is 0 Å². The van der Waals surface area contributed by atoms with Gasteiger partial charge in [0.05, 0.1) is 10.4 Å². The van der Waals surface area contributed by atoms with Crippen LogP contribution in [-0.4, -0.2) is 23.0 Å². The number of phenols is 1. The van der Waals surface area contributed by atoms with Gasteiger partial charge in [0.25, 0.3) is 0 Å². The number of amides is 1. The highest BCUT2D eigenvalue weighted by Crippen LogP contribution is 2.47. The predicted molar refractivity (Wildman–Crippen MR) is 70.0 cm³/mol. The van der Waals surface area contributed by atoms with Crippen LogP contribution in [0.25, 0.3) is 0 Å². The van der Waals surface area contributed by atoms with Gasteiger partial charge < -0.3 is 15.7 Å². The Morgan fingerprint density at radius 3 is 2.35 bits per heavy atom. The number of benzene rings is 1. The average molecular weight is 250 g/mol. The van der Waals surface area contributed by atoms with E-state index in [1.807, 2.05) is 0 Å². The minimum Gasteiger partial charge on any atom is -0.508 e. The third-order valence-corrected chi connectivity index (χ3v) is 3.56. The van der Waals surface area contributed by atoms with Gasteiger partial charge >= 0.3 is 0 Å². The molecule has 2 rings (SSSR count). The van der Waals surface area contributed by atoms with Crippen LogP contribution in [0.1, 0.15) is 12.8 Å². The van der Waals surface area contributed by atoms with Crippen molar-refractivity contribution in [2.75, 3.05) is 11.9 Å². The van der Waals surface area contributed by atoms with Crippen molar-refractivity contribution in [2.24, 2.45) is 11.1 Å². The summed E-state index contributed by atoms with van der Waals surface area (Å²) >= 11 is 4.95. The molecule has 0 aliphatic heterocycles. The van der Waals surface area contributed by atoms with E-state index in [-0.39, 0.29) is 16.6 Å². The Balaban J connectivity index is 2.21. The first-order chi connectivity index (χ1) is 7.97. The van der Waals surface area contributed by atoms with Gasteiger partial charge in [-0.2, -0.15) is 0 Å². The lowest BCUT2D eigenvalue weighted by molar-refractivity contribution is -0.121. The van der Waals surface area contributed by atoms with Crippen LogP contribution in [0.3, 0.4) is 0 Å². The average Bonchev–Trinajstić information content (AvgIpc) is 3.09. The van der Waals surface area contributed by atoms with Gasteiger partial charge in [-0.05, 0) is 37.1 Å². The second-order valence-electron chi connectivity index (χ2n) is 4.33. The lowest BCUT2D eigenvalue weighted by atomic mass is 10.1. The van der Waals surface area contributed by atoms with E-state index in [4.69, 9.17) is 18.0 Å². The van der Waals surface area contributed by atoms with E-state index in [0.717, 1.165) is 18.5 Å². The second-order valence-corrected chi connectivity index (χ2v) is 4.77. The molecule has 0 radical (unpaired) electrons. The number of nitrogens with zero attached hydrogens (tertiary/aromatic N) is 1. The second kappa shape index (κ2) is 4.00. The molecule has 3 N–H and O–H groups in total. The zero-order chi connectivity index (χ0) is 12.6. The van der Waals surface area contributed by atoms with E-state index in [0.29, 0.717) is 0 Å². The summed E-state index contributed by atoms with van der Waals surface area (Å²) in [5, 5.41) is 9.19. The fourth-order valence-corrected chi connectivity index (χ4v) is 2.10. The number of thiocarbonyl (C=S) groups is 1. The highest BCUT2D eigenvalue weighted by molar-refractivity contribution is 7.80. The summed E-state index contributed by atoms with van der Waals surface area (Å²) in [5.74, 6) is 0.0979. The van der Waals surface area contributed by atoms with Crippen LogP contribution in [0.4, 0.5) is 5.69 Å². The smallest absolute Gasteiger partial charge is 0.239 e. The van der Waals surface area contributed by atoms with Crippen molar-refractivity contribution >= 4 is 28.8 Å². The Morgan fingerprint density at radius 2 is 1.94 bits per heavy atom. The molecule has 90 valence electrons. The van der Waals surface area contributed by atoms with E-state index in [1.165, 1.54) is 4.90 Å². The van der Waals surface area contributed by atoms with Gasteiger partial charge in [0.1, 0.15) is 5.75 Å². The van der Waals surface area contributed by atoms with Crippen molar-refractivity contribution in [3.05, 3.63) is 24.3 Å². The molecule has 1 aliphatic carbocycles. The molecule has 0 unspecified atom stereocenters. The molecule has 1 saturated carbocycles. The van der Waals surface area contributed by atoms with Crippen molar-refractivity contribution in [2.45, 2.75) is 12.8 Å². The van der Waals surface area contributed by atoms with Crippen LogP contribution >= 0.6 is 12.2 Å². The fraction of sp³-hybridized carbons (Fsp3) is 0.333. The number of nitrogens with two attached hydrogens (primary N) is 1. The van der Waals surface area contributed by atoms with Gasteiger partial charge in [0, 0.05) is 12.7 Å². The third kappa shape index (κ3) is 1.98. The molecule has 17 heavy (non-hydrogen) atoms. The molecule has 4 nitrogen and oxygen atoms in total. The quantitative estimate of drug-likeness (QED) is 0.796. The Hall–Kier alpha value is -1.62. The molecule has 1 aliphatic rings. The van der Waals surface area contributed by atoms with Crippen LogP contribution < -0.4 is 10.6 Å². The molecule has 1 amide bonds. The summed E-state index contributed by atoms with van der Waals surface area (Å²) in [5.41, 5.74) is 5.70. The number of anilines is 1. The summed E-state index contributed by atoms with van der Waals surface area (Å²) in [6.45, 7) is 0. The first-order valence-electron chi connectivity index (χ1n) is 5.34. The van der Waals surface area contributed by atoms with Gasteiger partial charge in [0.15, 0.2) is 0 Å². The third-order valence-electron chi connectivity index (χ3n) is 3.17. The summed E-state index contributed by atoms with van der Waals surface area (Å²) in [4.78, 5) is 14.1. The highest BCUT2D eigenvalue weighted by Gasteiger charge is 2.54. The molecule has 0 spiro atoms.